The zero-order valence-electron chi connectivity index (χ0n) is 17.5. The van der Waals surface area contributed by atoms with E-state index in [9.17, 15) is 9.90 Å². The first kappa shape index (κ1) is 21.2. The van der Waals surface area contributed by atoms with Crippen LogP contribution in [-0.4, -0.2) is 24.3 Å². The summed E-state index contributed by atoms with van der Waals surface area (Å²) in [5.74, 6) is 0.802. The van der Waals surface area contributed by atoms with Gasteiger partial charge < -0.3 is 14.6 Å². The average Bonchev–Trinajstić information content (AvgIpc) is 2.75. The molecule has 1 unspecified atom stereocenters. The summed E-state index contributed by atoms with van der Waals surface area (Å²) < 4.78 is 10.9. The van der Waals surface area contributed by atoms with Crippen molar-refractivity contribution in [3.8, 4) is 11.5 Å². The number of phenolic OH excluding ortho intramolecular Hbond substituents is 1. The minimum atomic E-state index is -0.167. The maximum absolute atomic E-state index is 11.7. The first-order valence-electron chi connectivity index (χ1n) is 10.7. The Morgan fingerprint density at radius 1 is 1.00 bits per heavy atom. The maximum atomic E-state index is 11.7. The van der Waals surface area contributed by atoms with Gasteiger partial charge in [0, 0.05) is 5.41 Å². The Bertz CT molecular complexity index is 773. The molecule has 3 rings (SSSR count). The van der Waals surface area contributed by atoms with E-state index in [-0.39, 0.29) is 17.3 Å². The van der Waals surface area contributed by atoms with E-state index < -0.39 is 0 Å². The van der Waals surface area contributed by atoms with Gasteiger partial charge in [-0.25, -0.2) is 0 Å². The Labute approximate surface area is 173 Å². The third kappa shape index (κ3) is 5.11. The van der Waals surface area contributed by atoms with Gasteiger partial charge in [-0.15, -0.1) is 0 Å². The molecule has 1 aliphatic carbocycles. The summed E-state index contributed by atoms with van der Waals surface area (Å²) in [4.78, 5) is 11.7. The number of carbonyl (C=O) groups excluding carboxylic acids is 1. The molecule has 0 saturated heterocycles. The van der Waals surface area contributed by atoms with E-state index in [2.05, 4.69) is 24.3 Å². The molecular formula is C25H32O4. The van der Waals surface area contributed by atoms with Gasteiger partial charge in [-0.3, -0.25) is 4.79 Å². The van der Waals surface area contributed by atoms with Crippen molar-refractivity contribution in [3.05, 3.63) is 59.7 Å². The summed E-state index contributed by atoms with van der Waals surface area (Å²) in [6, 6.07) is 16.1. The minimum Gasteiger partial charge on any atom is -0.508 e. The lowest BCUT2D eigenvalue weighted by Gasteiger charge is -2.38. The van der Waals surface area contributed by atoms with Gasteiger partial charge in [0.15, 0.2) is 0 Å². The Hall–Kier alpha value is -2.49. The van der Waals surface area contributed by atoms with Gasteiger partial charge in [-0.1, -0.05) is 50.5 Å². The molecule has 2 aromatic carbocycles. The van der Waals surface area contributed by atoms with E-state index in [0.29, 0.717) is 25.4 Å². The van der Waals surface area contributed by atoms with Crippen molar-refractivity contribution in [2.45, 2.75) is 57.8 Å². The second-order valence-corrected chi connectivity index (χ2v) is 8.00. The Morgan fingerprint density at radius 2 is 1.59 bits per heavy atom. The molecule has 1 saturated carbocycles. The van der Waals surface area contributed by atoms with Crippen LogP contribution >= 0.6 is 0 Å². The van der Waals surface area contributed by atoms with Crippen molar-refractivity contribution >= 4 is 5.97 Å². The van der Waals surface area contributed by atoms with E-state index in [1.807, 2.05) is 26.0 Å². The molecule has 1 N–H and O–H groups in total. The van der Waals surface area contributed by atoms with Crippen molar-refractivity contribution < 1.29 is 19.4 Å². The molecule has 0 bridgehead atoms. The lowest BCUT2D eigenvalue weighted by atomic mass is 9.65. The van der Waals surface area contributed by atoms with Crippen LogP contribution in [0.5, 0.6) is 11.5 Å². The summed E-state index contributed by atoms with van der Waals surface area (Å²) in [5, 5.41) is 9.69. The Balaban J connectivity index is 1.68. The molecule has 2 aromatic rings. The smallest absolute Gasteiger partial charge is 0.308 e. The van der Waals surface area contributed by atoms with Crippen LogP contribution in [0.1, 0.15) is 63.5 Å². The largest absolute Gasteiger partial charge is 0.508 e. The van der Waals surface area contributed by atoms with Gasteiger partial charge >= 0.3 is 5.97 Å². The minimum absolute atomic E-state index is 0.00288. The molecule has 0 aliphatic heterocycles. The van der Waals surface area contributed by atoms with Crippen LogP contribution in [0, 0.1) is 5.92 Å². The van der Waals surface area contributed by atoms with Crippen LogP contribution in [0.15, 0.2) is 48.5 Å². The van der Waals surface area contributed by atoms with Crippen LogP contribution in [0.25, 0.3) is 0 Å². The van der Waals surface area contributed by atoms with E-state index in [0.717, 1.165) is 18.6 Å². The van der Waals surface area contributed by atoms with Gasteiger partial charge in [-0.05, 0) is 61.6 Å². The van der Waals surface area contributed by atoms with E-state index >= 15 is 0 Å². The first-order valence-corrected chi connectivity index (χ1v) is 10.7. The molecule has 0 aromatic heterocycles. The number of esters is 1. The zero-order chi connectivity index (χ0) is 20.7. The average molecular weight is 397 g/mol. The van der Waals surface area contributed by atoms with E-state index in [4.69, 9.17) is 9.47 Å². The highest BCUT2D eigenvalue weighted by atomic mass is 16.5. The lowest BCUT2D eigenvalue weighted by Crippen LogP contribution is -2.30. The number of aromatic hydroxyl groups is 1. The molecule has 0 radical (unpaired) electrons. The van der Waals surface area contributed by atoms with Crippen LogP contribution in [0.3, 0.4) is 0 Å². The summed E-state index contributed by atoms with van der Waals surface area (Å²) in [6.07, 6.45) is 6.58. The molecule has 0 spiro atoms. The number of ether oxygens (including phenoxy) is 2. The number of hydrogen-bond acceptors (Lipinski definition) is 4. The van der Waals surface area contributed by atoms with Crippen molar-refractivity contribution in [3.63, 3.8) is 0 Å². The topological polar surface area (TPSA) is 55.8 Å². The number of rotatable bonds is 8. The predicted molar refractivity (Wildman–Crippen MR) is 114 cm³/mol. The van der Waals surface area contributed by atoms with E-state index in [1.54, 1.807) is 12.1 Å². The lowest BCUT2D eigenvalue weighted by molar-refractivity contribution is -0.147. The normalized spacial score (nSPS) is 16.8. The SMILES string of the molecule is CCOC(=O)C(C)CCOc1ccc(C2(c3ccc(O)cc3)CCCCC2)cc1. The molecule has 1 aliphatic rings. The summed E-state index contributed by atoms with van der Waals surface area (Å²) in [5.41, 5.74) is 2.57. The van der Waals surface area contributed by atoms with Crippen LogP contribution in [0.4, 0.5) is 0 Å². The fraction of sp³-hybridized carbons (Fsp3) is 0.480. The summed E-state index contributed by atoms with van der Waals surface area (Å²) in [7, 11) is 0. The highest BCUT2D eigenvalue weighted by molar-refractivity contribution is 5.71. The van der Waals surface area contributed by atoms with Gasteiger partial charge in [0.05, 0.1) is 19.1 Å². The molecule has 0 amide bonds. The molecular weight excluding hydrogens is 364 g/mol. The maximum Gasteiger partial charge on any atom is 0.308 e. The van der Waals surface area contributed by atoms with Crippen LogP contribution < -0.4 is 4.74 Å². The predicted octanol–water partition coefficient (Wildman–Crippen LogP) is 5.61. The zero-order valence-corrected chi connectivity index (χ0v) is 17.5. The number of benzene rings is 2. The van der Waals surface area contributed by atoms with Crippen molar-refractivity contribution in [1.82, 2.24) is 0 Å². The third-order valence-electron chi connectivity index (χ3n) is 6.04. The second kappa shape index (κ2) is 9.82. The second-order valence-electron chi connectivity index (χ2n) is 8.00. The van der Waals surface area contributed by atoms with Gasteiger partial charge in [0.2, 0.25) is 0 Å². The monoisotopic (exact) mass is 396 g/mol. The number of phenols is 1. The first-order chi connectivity index (χ1) is 14.0. The van der Waals surface area contributed by atoms with Gasteiger partial charge in [0.1, 0.15) is 11.5 Å². The van der Waals surface area contributed by atoms with Crippen LogP contribution in [0.2, 0.25) is 0 Å². The van der Waals surface area contributed by atoms with Gasteiger partial charge in [0.25, 0.3) is 0 Å². The standard InChI is InChI=1S/C25H32O4/c1-3-28-24(27)19(2)15-18-29-23-13-9-21(10-14-23)25(16-5-4-6-17-25)20-7-11-22(26)12-8-20/h7-14,19,26H,3-6,15-18H2,1-2H3. The third-order valence-corrected chi connectivity index (χ3v) is 6.04. The summed E-state index contributed by atoms with van der Waals surface area (Å²) in [6.45, 7) is 4.59. The molecule has 0 heterocycles. The van der Waals surface area contributed by atoms with E-state index in [1.165, 1.54) is 30.4 Å². The fourth-order valence-corrected chi connectivity index (χ4v) is 4.31. The molecule has 29 heavy (non-hydrogen) atoms. The van der Waals surface area contributed by atoms with Crippen molar-refractivity contribution in [2.24, 2.45) is 5.92 Å². The molecule has 156 valence electrons. The molecule has 4 heteroatoms. The summed E-state index contributed by atoms with van der Waals surface area (Å²) >= 11 is 0. The van der Waals surface area contributed by atoms with Crippen LogP contribution in [-0.2, 0) is 14.9 Å². The Kier molecular flexibility index (Phi) is 7.18. The quantitative estimate of drug-likeness (QED) is 0.589. The highest BCUT2D eigenvalue weighted by Gasteiger charge is 2.35. The number of carbonyl (C=O) groups is 1. The fourth-order valence-electron chi connectivity index (χ4n) is 4.31. The van der Waals surface area contributed by atoms with Gasteiger partial charge in [-0.2, -0.15) is 0 Å². The highest BCUT2D eigenvalue weighted by Crippen LogP contribution is 2.45. The Morgan fingerprint density at radius 3 is 2.17 bits per heavy atom. The molecule has 1 atom stereocenters. The molecule has 4 nitrogen and oxygen atoms in total. The number of hydrogen-bond donors (Lipinski definition) is 1. The molecule has 1 fully saturated rings. The van der Waals surface area contributed by atoms with Crippen molar-refractivity contribution in [1.29, 1.82) is 0 Å². The van der Waals surface area contributed by atoms with Crippen molar-refractivity contribution in [2.75, 3.05) is 13.2 Å².